The van der Waals surface area contributed by atoms with Gasteiger partial charge in [-0.1, -0.05) is 41.4 Å². The molecule has 1 heterocycles. The van der Waals surface area contributed by atoms with Crippen molar-refractivity contribution >= 4 is 34.0 Å². The molecule has 0 amide bonds. The lowest BCUT2D eigenvalue weighted by Gasteiger charge is -2.21. The van der Waals surface area contributed by atoms with Gasteiger partial charge in [0, 0.05) is 23.0 Å². The van der Waals surface area contributed by atoms with E-state index in [9.17, 15) is 9.90 Å². The first kappa shape index (κ1) is 18.1. The van der Waals surface area contributed by atoms with Gasteiger partial charge in [-0.3, -0.25) is 9.48 Å². The van der Waals surface area contributed by atoms with Crippen molar-refractivity contribution in [3.05, 3.63) is 70.2 Å². The molecule has 0 bridgehead atoms. The van der Waals surface area contributed by atoms with Crippen LogP contribution in [0.25, 0.3) is 15.7 Å². The van der Waals surface area contributed by atoms with Gasteiger partial charge in [0.1, 0.15) is 5.60 Å². The van der Waals surface area contributed by atoms with Crippen LogP contribution in [0.2, 0.25) is 5.02 Å². The molecule has 0 saturated carbocycles. The third kappa shape index (κ3) is 3.77. The molecular formula is C20H18ClN3O2. The first-order valence-electron chi connectivity index (χ1n) is 8.14. The topological polar surface area (TPSA) is 59.5 Å². The Hall–Kier alpha value is -2.68. The number of benzene rings is 2. The second-order valence-corrected chi connectivity index (χ2v) is 7.07. The Balaban J connectivity index is 1.76. The van der Waals surface area contributed by atoms with Crippen molar-refractivity contribution in [1.82, 2.24) is 9.78 Å². The van der Waals surface area contributed by atoms with E-state index in [1.165, 1.54) is 6.92 Å². The van der Waals surface area contributed by atoms with Crippen LogP contribution in [0.3, 0.4) is 0 Å². The lowest BCUT2D eigenvalue weighted by Crippen LogP contribution is -2.40. The van der Waals surface area contributed by atoms with Gasteiger partial charge in [0.05, 0.1) is 18.6 Å². The van der Waals surface area contributed by atoms with E-state index in [4.69, 9.17) is 18.2 Å². The minimum absolute atomic E-state index is 0.0326. The highest BCUT2D eigenvalue weighted by molar-refractivity contribution is 6.33. The number of halogens is 1. The molecular weight excluding hydrogens is 350 g/mol. The van der Waals surface area contributed by atoms with Crippen molar-refractivity contribution < 1.29 is 9.90 Å². The van der Waals surface area contributed by atoms with Crippen LogP contribution in [0.5, 0.6) is 0 Å². The largest absolute Gasteiger partial charge is 0.380 e. The maximum absolute atomic E-state index is 12.6. The van der Waals surface area contributed by atoms with Gasteiger partial charge in [-0.2, -0.15) is 5.10 Å². The summed E-state index contributed by atoms with van der Waals surface area (Å²) in [5.41, 5.74) is 1.38. The SMILES string of the molecule is [C-]#[N+]c1ccc(CC(=O)[C@@](C)(O)Cn2cc3cc(C)ccc3n2)cc1Cl. The van der Waals surface area contributed by atoms with Crippen LogP contribution in [0.1, 0.15) is 18.1 Å². The maximum atomic E-state index is 12.6. The van der Waals surface area contributed by atoms with Gasteiger partial charge in [-0.25, -0.2) is 4.85 Å². The molecule has 3 aromatic rings. The molecule has 0 aliphatic carbocycles. The summed E-state index contributed by atoms with van der Waals surface area (Å²) >= 11 is 6.01. The van der Waals surface area contributed by atoms with E-state index < -0.39 is 5.60 Å². The number of Topliss-reactive ketones (excluding diaryl/α,β-unsaturated/α-hetero) is 1. The number of hydrogen-bond acceptors (Lipinski definition) is 3. The lowest BCUT2D eigenvalue weighted by atomic mass is 9.95. The second kappa shape index (κ2) is 6.91. The Bertz CT molecular complexity index is 1030. The predicted octanol–water partition coefficient (Wildman–Crippen LogP) is 4.11. The molecule has 6 heteroatoms. The first-order chi connectivity index (χ1) is 12.3. The lowest BCUT2D eigenvalue weighted by molar-refractivity contribution is -0.136. The molecule has 3 rings (SSSR count). The van der Waals surface area contributed by atoms with Crippen LogP contribution in [0.4, 0.5) is 5.69 Å². The zero-order valence-electron chi connectivity index (χ0n) is 14.5. The van der Waals surface area contributed by atoms with E-state index in [1.54, 1.807) is 22.9 Å². The van der Waals surface area contributed by atoms with E-state index in [2.05, 4.69) is 9.94 Å². The van der Waals surface area contributed by atoms with Crippen LogP contribution < -0.4 is 0 Å². The number of aliphatic hydroxyl groups is 1. The summed E-state index contributed by atoms with van der Waals surface area (Å²) in [5, 5.41) is 16.3. The van der Waals surface area contributed by atoms with Gasteiger partial charge in [-0.05, 0) is 31.5 Å². The zero-order chi connectivity index (χ0) is 18.9. The van der Waals surface area contributed by atoms with E-state index in [-0.39, 0.29) is 18.7 Å². The second-order valence-electron chi connectivity index (χ2n) is 6.66. The Morgan fingerprint density at radius 3 is 2.81 bits per heavy atom. The van der Waals surface area contributed by atoms with Gasteiger partial charge < -0.3 is 5.11 Å². The fraction of sp³-hybridized carbons (Fsp3) is 0.250. The van der Waals surface area contributed by atoms with Crippen molar-refractivity contribution in [2.75, 3.05) is 0 Å². The molecule has 0 unspecified atom stereocenters. The minimum atomic E-state index is -1.57. The molecule has 26 heavy (non-hydrogen) atoms. The first-order valence-corrected chi connectivity index (χ1v) is 8.52. The molecule has 0 radical (unpaired) electrons. The molecule has 0 saturated heterocycles. The summed E-state index contributed by atoms with van der Waals surface area (Å²) in [7, 11) is 0. The van der Waals surface area contributed by atoms with Gasteiger partial charge in [0.25, 0.3) is 0 Å². The third-order valence-electron chi connectivity index (χ3n) is 4.28. The minimum Gasteiger partial charge on any atom is -0.380 e. The van der Waals surface area contributed by atoms with Crippen molar-refractivity contribution in [1.29, 1.82) is 0 Å². The number of fused-ring (bicyclic) bond motifs is 1. The van der Waals surface area contributed by atoms with Gasteiger partial charge >= 0.3 is 0 Å². The Morgan fingerprint density at radius 1 is 1.35 bits per heavy atom. The summed E-state index contributed by atoms with van der Waals surface area (Å²) in [5.74, 6) is -0.333. The number of ketones is 1. The molecule has 1 N–H and O–H groups in total. The predicted molar refractivity (Wildman–Crippen MR) is 102 cm³/mol. The normalized spacial score (nSPS) is 13.3. The summed E-state index contributed by atoms with van der Waals surface area (Å²) in [4.78, 5) is 15.9. The van der Waals surface area contributed by atoms with Gasteiger partial charge in [-0.15, -0.1) is 0 Å². The van der Waals surface area contributed by atoms with E-state index in [1.807, 2.05) is 31.3 Å². The highest BCUT2D eigenvalue weighted by Crippen LogP contribution is 2.26. The fourth-order valence-corrected chi connectivity index (χ4v) is 3.05. The van der Waals surface area contributed by atoms with Gasteiger partial charge in [0.15, 0.2) is 5.78 Å². The van der Waals surface area contributed by atoms with Crippen molar-refractivity contribution in [3.63, 3.8) is 0 Å². The van der Waals surface area contributed by atoms with Crippen molar-refractivity contribution in [2.45, 2.75) is 32.4 Å². The molecule has 0 aliphatic heterocycles. The van der Waals surface area contributed by atoms with E-state index in [0.29, 0.717) is 16.3 Å². The zero-order valence-corrected chi connectivity index (χ0v) is 15.3. The Morgan fingerprint density at radius 2 is 2.12 bits per heavy atom. The number of carbonyl (C=O) groups is 1. The highest BCUT2D eigenvalue weighted by atomic mass is 35.5. The molecule has 132 valence electrons. The Labute approximate surface area is 156 Å². The summed E-state index contributed by atoms with van der Waals surface area (Å²) in [6.45, 7) is 10.6. The molecule has 1 aromatic heterocycles. The van der Waals surface area contributed by atoms with Crippen LogP contribution in [-0.2, 0) is 17.8 Å². The Kier molecular flexibility index (Phi) is 4.82. The number of aromatic nitrogens is 2. The molecule has 0 spiro atoms. The average Bonchev–Trinajstić information content (AvgIpc) is 2.95. The summed E-state index contributed by atoms with van der Waals surface area (Å²) in [6.07, 6.45) is 1.86. The quantitative estimate of drug-likeness (QED) is 0.690. The number of nitrogens with zero attached hydrogens (tertiary/aromatic N) is 3. The standard InChI is InChI=1S/C20H18ClN3O2/c1-13-4-6-17-15(8-13)11-24(23-17)12-20(2,26)19(25)10-14-5-7-18(22-3)16(21)9-14/h4-9,11,26H,10,12H2,1-2H3/t20-/m0/s1. The summed E-state index contributed by atoms with van der Waals surface area (Å²) < 4.78 is 1.59. The van der Waals surface area contributed by atoms with Crippen molar-refractivity contribution in [2.24, 2.45) is 0 Å². The maximum Gasteiger partial charge on any atom is 0.205 e. The van der Waals surface area contributed by atoms with Crippen LogP contribution in [0, 0.1) is 13.5 Å². The van der Waals surface area contributed by atoms with E-state index >= 15 is 0 Å². The molecule has 0 fully saturated rings. The van der Waals surface area contributed by atoms with Crippen molar-refractivity contribution in [3.8, 4) is 0 Å². The smallest absolute Gasteiger partial charge is 0.205 e. The average molecular weight is 368 g/mol. The molecule has 1 atom stereocenters. The van der Waals surface area contributed by atoms with Crippen LogP contribution >= 0.6 is 11.6 Å². The monoisotopic (exact) mass is 367 g/mol. The fourth-order valence-electron chi connectivity index (χ4n) is 2.81. The summed E-state index contributed by atoms with van der Waals surface area (Å²) in [6, 6.07) is 10.7. The van der Waals surface area contributed by atoms with Crippen LogP contribution in [0.15, 0.2) is 42.6 Å². The van der Waals surface area contributed by atoms with Gasteiger partial charge in [0.2, 0.25) is 5.69 Å². The molecule has 5 nitrogen and oxygen atoms in total. The molecule has 0 aliphatic rings. The third-order valence-corrected chi connectivity index (χ3v) is 4.58. The van der Waals surface area contributed by atoms with E-state index in [0.717, 1.165) is 16.5 Å². The number of aryl methyl sites for hydroxylation is 1. The number of carbonyl (C=O) groups excluding carboxylic acids is 1. The number of rotatable bonds is 5. The highest BCUT2D eigenvalue weighted by Gasteiger charge is 2.31. The van der Waals surface area contributed by atoms with Crippen LogP contribution in [-0.4, -0.2) is 26.3 Å². The number of hydrogen-bond donors (Lipinski definition) is 1. The molecule has 2 aromatic carbocycles.